The number of thiophene rings is 1. The maximum absolute atomic E-state index is 12.3. The van der Waals surface area contributed by atoms with Crippen LogP contribution in [0, 0.1) is 0 Å². The van der Waals surface area contributed by atoms with Crippen LogP contribution < -0.4 is 10.0 Å². The van der Waals surface area contributed by atoms with Crippen molar-refractivity contribution in [1.29, 1.82) is 0 Å². The lowest BCUT2D eigenvalue weighted by Gasteiger charge is -2.11. The molecule has 0 radical (unpaired) electrons. The van der Waals surface area contributed by atoms with Gasteiger partial charge in [-0.05, 0) is 30.0 Å². The van der Waals surface area contributed by atoms with E-state index in [0.717, 1.165) is 11.3 Å². The van der Waals surface area contributed by atoms with E-state index in [-0.39, 0.29) is 4.90 Å². The third kappa shape index (κ3) is 3.78. The summed E-state index contributed by atoms with van der Waals surface area (Å²) in [5, 5.41) is 4.95. The standard InChI is InChI=1S/C13H17N3O2S2/c1-2-7-14-13-12(6-3-8-15-13)20(17,18)16-10-11-5-4-9-19-11/h3-6,8-9,16H,2,7,10H2,1H3,(H,14,15). The summed E-state index contributed by atoms with van der Waals surface area (Å²) in [4.78, 5) is 5.26. The van der Waals surface area contributed by atoms with Gasteiger partial charge in [0.1, 0.15) is 10.7 Å². The van der Waals surface area contributed by atoms with E-state index in [1.54, 1.807) is 18.3 Å². The number of hydrogen-bond acceptors (Lipinski definition) is 5. The van der Waals surface area contributed by atoms with E-state index in [1.807, 2.05) is 24.4 Å². The summed E-state index contributed by atoms with van der Waals surface area (Å²) in [5.41, 5.74) is 0. The van der Waals surface area contributed by atoms with E-state index < -0.39 is 10.0 Å². The molecule has 0 unspecified atom stereocenters. The van der Waals surface area contributed by atoms with Gasteiger partial charge in [0.15, 0.2) is 0 Å². The van der Waals surface area contributed by atoms with Crippen LogP contribution in [0.15, 0.2) is 40.7 Å². The highest BCUT2D eigenvalue weighted by molar-refractivity contribution is 7.89. The van der Waals surface area contributed by atoms with Crippen molar-refractivity contribution in [1.82, 2.24) is 9.71 Å². The number of sulfonamides is 1. The van der Waals surface area contributed by atoms with Crippen molar-refractivity contribution >= 4 is 27.2 Å². The van der Waals surface area contributed by atoms with Crippen molar-refractivity contribution < 1.29 is 8.42 Å². The quantitative estimate of drug-likeness (QED) is 0.824. The number of pyridine rings is 1. The highest BCUT2D eigenvalue weighted by atomic mass is 32.2. The summed E-state index contributed by atoms with van der Waals surface area (Å²) in [7, 11) is -3.57. The molecule has 0 spiro atoms. The van der Waals surface area contributed by atoms with Gasteiger partial charge < -0.3 is 5.32 Å². The minimum absolute atomic E-state index is 0.185. The minimum atomic E-state index is -3.57. The molecule has 2 aromatic heterocycles. The van der Waals surface area contributed by atoms with E-state index in [0.29, 0.717) is 18.9 Å². The molecule has 0 saturated carbocycles. The molecule has 2 heterocycles. The van der Waals surface area contributed by atoms with E-state index in [4.69, 9.17) is 0 Å². The zero-order valence-electron chi connectivity index (χ0n) is 11.2. The Labute approximate surface area is 123 Å². The Morgan fingerprint density at radius 1 is 1.30 bits per heavy atom. The fourth-order valence-corrected chi connectivity index (χ4v) is 3.51. The van der Waals surface area contributed by atoms with E-state index >= 15 is 0 Å². The monoisotopic (exact) mass is 311 g/mol. The summed E-state index contributed by atoms with van der Waals surface area (Å²) in [6, 6.07) is 6.97. The summed E-state index contributed by atoms with van der Waals surface area (Å²) >= 11 is 1.52. The lowest BCUT2D eigenvalue weighted by Crippen LogP contribution is -2.24. The number of hydrogen-bond donors (Lipinski definition) is 2. The molecular weight excluding hydrogens is 294 g/mol. The van der Waals surface area contributed by atoms with Gasteiger partial charge in [0.2, 0.25) is 10.0 Å². The molecular formula is C13H17N3O2S2. The van der Waals surface area contributed by atoms with Crippen LogP contribution in [0.4, 0.5) is 5.82 Å². The first-order chi connectivity index (χ1) is 9.63. The molecule has 0 amide bonds. The first-order valence-electron chi connectivity index (χ1n) is 6.34. The van der Waals surface area contributed by atoms with Gasteiger partial charge in [0.25, 0.3) is 0 Å². The molecule has 7 heteroatoms. The van der Waals surface area contributed by atoms with Crippen LogP contribution in [0.1, 0.15) is 18.2 Å². The molecule has 0 aliphatic heterocycles. The van der Waals surface area contributed by atoms with Crippen molar-refractivity contribution in [3.05, 3.63) is 40.7 Å². The fraction of sp³-hybridized carbons (Fsp3) is 0.308. The second-order valence-electron chi connectivity index (χ2n) is 4.18. The smallest absolute Gasteiger partial charge is 0.244 e. The molecule has 0 fully saturated rings. The molecule has 108 valence electrons. The van der Waals surface area contributed by atoms with Crippen LogP contribution in [0.3, 0.4) is 0 Å². The Morgan fingerprint density at radius 2 is 2.15 bits per heavy atom. The summed E-state index contributed by atoms with van der Waals surface area (Å²) < 4.78 is 27.2. The van der Waals surface area contributed by atoms with E-state index in [2.05, 4.69) is 15.0 Å². The highest BCUT2D eigenvalue weighted by Crippen LogP contribution is 2.18. The van der Waals surface area contributed by atoms with Gasteiger partial charge in [-0.2, -0.15) is 0 Å². The molecule has 0 aliphatic rings. The molecule has 0 aromatic carbocycles. The zero-order chi connectivity index (χ0) is 14.4. The van der Waals surface area contributed by atoms with Crippen LogP contribution in [-0.4, -0.2) is 19.9 Å². The Hall–Kier alpha value is -1.44. The minimum Gasteiger partial charge on any atom is -0.369 e. The third-order valence-electron chi connectivity index (χ3n) is 2.62. The van der Waals surface area contributed by atoms with Gasteiger partial charge in [0, 0.05) is 24.2 Å². The second-order valence-corrected chi connectivity index (χ2v) is 6.95. The van der Waals surface area contributed by atoms with Crippen molar-refractivity contribution in [3.8, 4) is 0 Å². The molecule has 2 aromatic rings. The van der Waals surface area contributed by atoms with Gasteiger partial charge >= 0.3 is 0 Å². The normalized spacial score (nSPS) is 11.4. The van der Waals surface area contributed by atoms with Gasteiger partial charge in [0.05, 0.1) is 0 Å². The number of nitrogens with one attached hydrogen (secondary N) is 2. The molecule has 20 heavy (non-hydrogen) atoms. The second kappa shape index (κ2) is 6.83. The van der Waals surface area contributed by atoms with Crippen LogP contribution in [0.2, 0.25) is 0 Å². The largest absolute Gasteiger partial charge is 0.369 e. The van der Waals surface area contributed by atoms with Gasteiger partial charge in [-0.25, -0.2) is 18.1 Å². The van der Waals surface area contributed by atoms with Gasteiger partial charge in [-0.1, -0.05) is 13.0 Å². The van der Waals surface area contributed by atoms with Crippen molar-refractivity contribution in [2.24, 2.45) is 0 Å². The molecule has 0 atom stereocenters. The van der Waals surface area contributed by atoms with Crippen LogP contribution in [0.5, 0.6) is 0 Å². The SMILES string of the molecule is CCCNc1ncccc1S(=O)(=O)NCc1cccs1. The van der Waals surface area contributed by atoms with E-state index in [1.165, 1.54) is 11.3 Å². The number of aromatic nitrogens is 1. The Morgan fingerprint density at radius 3 is 2.85 bits per heavy atom. The molecule has 2 N–H and O–H groups in total. The average molecular weight is 311 g/mol. The third-order valence-corrected chi connectivity index (χ3v) is 4.93. The maximum atomic E-state index is 12.3. The van der Waals surface area contributed by atoms with Crippen molar-refractivity contribution in [3.63, 3.8) is 0 Å². The number of rotatable bonds is 7. The molecule has 0 aliphatic carbocycles. The van der Waals surface area contributed by atoms with Crippen molar-refractivity contribution in [2.75, 3.05) is 11.9 Å². The molecule has 5 nitrogen and oxygen atoms in total. The van der Waals surface area contributed by atoms with Gasteiger partial charge in [-0.15, -0.1) is 11.3 Å². The first-order valence-corrected chi connectivity index (χ1v) is 8.70. The summed E-state index contributed by atoms with van der Waals surface area (Å²) in [6.45, 7) is 2.99. The average Bonchev–Trinajstić information content (AvgIpc) is 2.97. The predicted octanol–water partition coefficient (Wildman–Crippen LogP) is 2.44. The topological polar surface area (TPSA) is 71.1 Å². The lowest BCUT2D eigenvalue weighted by molar-refractivity contribution is 0.581. The number of anilines is 1. The Balaban J connectivity index is 2.16. The highest BCUT2D eigenvalue weighted by Gasteiger charge is 2.18. The van der Waals surface area contributed by atoms with Crippen LogP contribution in [-0.2, 0) is 16.6 Å². The Bertz CT molecular complexity index is 639. The fourth-order valence-electron chi connectivity index (χ4n) is 1.64. The summed E-state index contributed by atoms with van der Waals surface area (Å²) in [5.74, 6) is 0.396. The predicted molar refractivity (Wildman–Crippen MR) is 81.4 cm³/mol. The van der Waals surface area contributed by atoms with Crippen molar-refractivity contribution in [2.45, 2.75) is 24.8 Å². The molecule has 2 rings (SSSR count). The van der Waals surface area contributed by atoms with Crippen LogP contribution in [0.25, 0.3) is 0 Å². The molecule has 0 bridgehead atoms. The maximum Gasteiger partial charge on any atom is 0.244 e. The molecule has 0 saturated heterocycles. The first kappa shape index (κ1) is 15.0. The summed E-state index contributed by atoms with van der Waals surface area (Å²) in [6.07, 6.45) is 2.48. The van der Waals surface area contributed by atoms with E-state index in [9.17, 15) is 8.42 Å². The number of nitrogens with zero attached hydrogens (tertiary/aromatic N) is 1. The Kier molecular flexibility index (Phi) is 5.11. The lowest BCUT2D eigenvalue weighted by atomic mass is 10.4. The van der Waals surface area contributed by atoms with Gasteiger partial charge in [-0.3, -0.25) is 0 Å². The zero-order valence-corrected chi connectivity index (χ0v) is 12.8. The van der Waals surface area contributed by atoms with Crippen LogP contribution >= 0.6 is 11.3 Å².